The van der Waals surface area contributed by atoms with Crippen molar-refractivity contribution in [2.45, 2.75) is 63.6 Å². The fourth-order valence-corrected chi connectivity index (χ4v) is 5.69. The Balaban J connectivity index is 1.33. The lowest BCUT2D eigenvalue weighted by molar-refractivity contribution is -0.116. The molecule has 2 aromatic rings. The van der Waals surface area contributed by atoms with Gasteiger partial charge in [-0.15, -0.1) is 11.3 Å². The molecule has 1 saturated heterocycles. The summed E-state index contributed by atoms with van der Waals surface area (Å²) < 4.78 is 11.1. The van der Waals surface area contributed by atoms with Crippen molar-refractivity contribution in [2.24, 2.45) is 0 Å². The quantitative estimate of drug-likeness (QED) is 0.624. The maximum atomic E-state index is 12.7. The lowest BCUT2D eigenvalue weighted by atomic mass is 9.93. The molecule has 7 nitrogen and oxygen atoms in total. The summed E-state index contributed by atoms with van der Waals surface area (Å²) >= 11 is 1.42. The van der Waals surface area contributed by atoms with Crippen LogP contribution in [0, 0.1) is 11.3 Å². The summed E-state index contributed by atoms with van der Waals surface area (Å²) in [6.07, 6.45) is 3.58. The average molecular weight is 468 g/mol. The van der Waals surface area contributed by atoms with Crippen molar-refractivity contribution in [1.29, 1.82) is 5.26 Å². The van der Waals surface area contributed by atoms with Crippen LogP contribution >= 0.6 is 11.3 Å². The molecule has 0 bridgehead atoms. The minimum Gasteiger partial charge on any atom is -0.446 e. The van der Waals surface area contributed by atoms with E-state index in [2.05, 4.69) is 16.7 Å². The number of benzene rings is 1. The Bertz CT molecular complexity index is 1020. The smallest absolute Gasteiger partial charge is 0.407 e. The molecule has 2 heterocycles. The van der Waals surface area contributed by atoms with Crippen LogP contribution < -0.4 is 10.6 Å². The molecule has 174 valence electrons. The van der Waals surface area contributed by atoms with Gasteiger partial charge in [-0.3, -0.25) is 4.79 Å². The number of fused-ring (bicyclic) bond motifs is 1. The second kappa shape index (κ2) is 10.8. The number of thiophene rings is 1. The van der Waals surface area contributed by atoms with Crippen LogP contribution in [0.3, 0.4) is 0 Å². The molecule has 0 saturated carbocycles. The van der Waals surface area contributed by atoms with Crippen molar-refractivity contribution >= 4 is 28.3 Å². The van der Waals surface area contributed by atoms with E-state index in [0.717, 1.165) is 35.5 Å². The van der Waals surface area contributed by atoms with Gasteiger partial charge in [0.2, 0.25) is 5.91 Å². The van der Waals surface area contributed by atoms with Gasteiger partial charge in [0.1, 0.15) is 17.2 Å². The molecule has 1 aliphatic heterocycles. The minimum absolute atomic E-state index is 0.0711. The van der Waals surface area contributed by atoms with Gasteiger partial charge in [-0.1, -0.05) is 37.3 Å². The van der Waals surface area contributed by atoms with Crippen LogP contribution in [0.5, 0.6) is 0 Å². The molecule has 0 radical (unpaired) electrons. The number of nitrogens with one attached hydrogen (secondary N) is 2. The number of carbonyl (C=O) groups excluding carboxylic acids is 2. The Morgan fingerprint density at radius 3 is 2.85 bits per heavy atom. The molecule has 2 aliphatic rings. The molecule has 0 spiro atoms. The normalized spacial score (nSPS) is 20.4. The maximum absolute atomic E-state index is 12.7. The highest BCUT2D eigenvalue weighted by molar-refractivity contribution is 7.16. The fraction of sp³-hybridized carbons (Fsp3) is 0.480. The summed E-state index contributed by atoms with van der Waals surface area (Å²) in [4.78, 5) is 25.8. The van der Waals surface area contributed by atoms with Gasteiger partial charge in [-0.2, -0.15) is 5.26 Å². The zero-order valence-corrected chi connectivity index (χ0v) is 19.6. The Kier molecular flexibility index (Phi) is 7.63. The first-order valence-corrected chi connectivity index (χ1v) is 12.3. The van der Waals surface area contributed by atoms with E-state index in [4.69, 9.17) is 9.47 Å². The van der Waals surface area contributed by atoms with Crippen LogP contribution in [0.25, 0.3) is 0 Å². The van der Waals surface area contributed by atoms with Crippen LogP contribution in [0.15, 0.2) is 30.3 Å². The van der Waals surface area contributed by atoms with Crippen molar-refractivity contribution in [3.05, 3.63) is 51.9 Å². The first kappa shape index (κ1) is 23.3. The molecule has 1 fully saturated rings. The molecule has 4 rings (SSSR count). The largest absolute Gasteiger partial charge is 0.446 e. The van der Waals surface area contributed by atoms with Crippen LogP contribution in [0.2, 0.25) is 0 Å². The molecule has 1 aromatic heterocycles. The summed E-state index contributed by atoms with van der Waals surface area (Å²) in [5.74, 6) is -0.0278. The van der Waals surface area contributed by atoms with E-state index in [1.165, 1.54) is 11.3 Å². The van der Waals surface area contributed by atoms with E-state index < -0.39 is 6.09 Å². The lowest BCUT2D eigenvalue weighted by Gasteiger charge is -2.23. The van der Waals surface area contributed by atoms with Crippen molar-refractivity contribution in [3.63, 3.8) is 0 Å². The summed E-state index contributed by atoms with van der Waals surface area (Å²) in [7, 11) is 0. The molecule has 33 heavy (non-hydrogen) atoms. The van der Waals surface area contributed by atoms with Crippen LogP contribution in [0.1, 0.15) is 60.1 Å². The zero-order chi connectivity index (χ0) is 23.2. The van der Waals surface area contributed by atoms with Crippen molar-refractivity contribution in [2.75, 3.05) is 18.5 Å². The summed E-state index contributed by atoms with van der Waals surface area (Å²) in [5, 5.41) is 16.1. The van der Waals surface area contributed by atoms with Gasteiger partial charge in [0.05, 0.1) is 11.7 Å². The summed E-state index contributed by atoms with van der Waals surface area (Å²) in [6, 6.07) is 12.2. The van der Waals surface area contributed by atoms with E-state index >= 15 is 0 Å². The van der Waals surface area contributed by atoms with Crippen LogP contribution in [0.4, 0.5) is 9.80 Å². The second-order valence-electron chi connectivity index (χ2n) is 8.67. The molecular formula is C25H29N3O4S. The Morgan fingerprint density at radius 1 is 1.30 bits per heavy atom. The predicted octanol–water partition coefficient (Wildman–Crippen LogP) is 4.51. The standard InChI is InChI=1S/C25H29N3O4S/c1-16(17-6-3-2-4-7-17)12-23(29)28-24-21(14-26)20-10-9-18(13-22(20)33-24)32-25(30)27-15-19-8-5-11-31-19/h2-4,6-7,16,18-19H,5,8-13,15H2,1H3,(H,27,30)(H,28,29). The number of hydrogen-bond acceptors (Lipinski definition) is 6. The number of alkyl carbamates (subject to hydrolysis) is 1. The van der Waals surface area contributed by atoms with E-state index in [1.807, 2.05) is 37.3 Å². The van der Waals surface area contributed by atoms with E-state index in [0.29, 0.717) is 42.8 Å². The van der Waals surface area contributed by atoms with Gasteiger partial charge in [-0.05, 0) is 42.7 Å². The van der Waals surface area contributed by atoms with E-state index in [1.54, 1.807) is 0 Å². The lowest BCUT2D eigenvalue weighted by Crippen LogP contribution is -2.36. The molecule has 1 aromatic carbocycles. The molecule has 8 heteroatoms. The SMILES string of the molecule is CC(CC(=O)Nc1sc2c(c1C#N)CCC(OC(=O)NCC1CCCO1)C2)c1ccccc1. The van der Waals surface area contributed by atoms with Gasteiger partial charge >= 0.3 is 6.09 Å². The predicted molar refractivity (Wildman–Crippen MR) is 126 cm³/mol. The topological polar surface area (TPSA) is 100 Å². The van der Waals surface area contributed by atoms with Crippen molar-refractivity contribution in [3.8, 4) is 6.07 Å². The van der Waals surface area contributed by atoms with Gasteiger partial charge in [0.25, 0.3) is 0 Å². The highest BCUT2D eigenvalue weighted by atomic mass is 32.1. The highest BCUT2D eigenvalue weighted by Gasteiger charge is 2.29. The number of hydrogen-bond donors (Lipinski definition) is 2. The number of nitriles is 1. The number of carbonyl (C=O) groups is 2. The van der Waals surface area contributed by atoms with Gasteiger partial charge in [0, 0.05) is 30.9 Å². The molecule has 3 unspecified atom stereocenters. The van der Waals surface area contributed by atoms with Gasteiger partial charge in [0.15, 0.2) is 0 Å². The van der Waals surface area contributed by atoms with Gasteiger partial charge < -0.3 is 20.1 Å². The number of rotatable bonds is 7. The molecule has 3 atom stereocenters. The van der Waals surface area contributed by atoms with Crippen LogP contribution in [-0.2, 0) is 27.1 Å². The van der Waals surface area contributed by atoms with Crippen LogP contribution in [-0.4, -0.2) is 37.4 Å². The third-order valence-electron chi connectivity index (χ3n) is 6.22. The molecular weight excluding hydrogens is 438 g/mol. The first-order valence-electron chi connectivity index (χ1n) is 11.5. The van der Waals surface area contributed by atoms with Gasteiger partial charge in [-0.25, -0.2) is 4.79 Å². The summed E-state index contributed by atoms with van der Waals surface area (Å²) in [5.41, 5.74) is 2.61. The second-order valence-corrected chi connectivity index (χ2v) is 9.77. The first-order chi connectivity index (χ1) is 16.0. The minimum atomic E-state index is -0.431. The Morgan fingerprint density at radius 2 is 2.12 bits per heavy atom. The molecule has 1 aliphatic carbocycles. The Hall–Kier alpha value is -2.89. The third kappa shape index (κ3) is 5.92. The Labute approximate surface area is 198 Å². The average Bonchev–Trinajstić information content (AvgIpc) is 3.45. The highest BCUT2D eigenvalue weighted by Crippen LogP contribution is 2.38. The number of anilines is 1. The summed E-state index contributed by atoms with van der Waals surface area (Å²) in [6.45, 7) is 3.23. The fourth-order valence-electron chi connectivity index (χ4n) is 4.41. The number of amides is 2. The maximum Gasteiger partial charge on any atom is 0.407 e. The van der Waals surface area contributed by atoms with Crippen molar-refractivity contribution in [1.82, 2.24) is 5.32 Å². The third-order valence-corrected chi connectivity index (χ3v) is 7.39. The monoisotopic (exact) mass is 467 g/mol. The zero-order valence-electron chi connectivity index (χ0n) is 18.8. The van der Waals surface area contributed by atoms with E-state index in [9.17, 15) is 14.9 Å². The van der Waals surface area contributed by atoms with Crippen molar-refractivity contribution < 1.29 is 19.1 Å². The number of ether oxygens (including phenoxy) is 2. The van der Waals surface area contributed by atoms with E-state index in [-0.39, 0.29) is 24.0 Å². The molecule has 2 N–H and O–H groups in total. The number of nitrogens with zero attached hydrogens (tertiary/aromatic N) is 1. The molecule has 2 amide bonds.